The lowest BCUT2D eigenvalue weighted by molar-refractivity contribution is -0.121. The largest absolute Gasteiger partial charge is 0.398 e. The predicted molar refractivity (Wildman–Crippen MR) is 94.1 cm³/mol. The highest BCUT2D eigenvalue weighted by molar-refractivity contribution is 8.00. The molecule has 1 saturated heterocycles. The lowest BCUT2D eigenvalue weighted by Gasteiger charge is -2.18. The highest BCUT2D eigenvalue weighted by Crippen LogP contribution is 2.40. The van der Waals surface area contributed by atoms with Gasteiger partial charge in [0.1, 0.15) is 0 Å². The quantitative estimate of drug-likeness (QED) is 0.658. The van der Waals surface area contributed by atoms with Gasteiger partial charge in [-0.25, -0.2) is 4.90 Å². The monoisotopic (exact) mass is 366 g/mol. The van der Waals surface area contributed by atoms with E-state index in [1.807, 2.05) is 18.2 Å². The Morgan fingerprint density at radius 3 is 2.35 bits per heavy atom. The summed E-state index contributed by atoms with van der Waals surface area (Å²) in [5.41, 5.74) is 6.72. The van der Waals surface area contributed by atoms with Crippen LogP contribution in [-0.2, 0) is 9.59 Å². The van der Waals surface area contributed by atoms with Gasteiger partial charge in [0.05, 0.1) is 21.0 Å². The summed E-state index contributed by atoms with van der Waals surface area (Å²) in [6.07, 6.45) is 0.0827. The van der Waals surface area contributed by atoms with Gasteiger partial charge in [-0.2, -0.15) is 0 Å². The summed E-state index contributed by atoms with van der Waals surface area (Å²) in [6.45, 7) is 0. The van der Waals surface area contributed by atoms with E-state index < -0.39 is 5.25 Å². The molecule has 3 rings (SSSR count). The van der Waals surface area contributed by atoms with E-state index in [9.17, 15) is 9.59 Å². The number of nitrogens with zero attached hydrogens (tertiary/aromatic N) is 1. The first-order valence-electron chi connectivity index (χ1n) is 6.81. The van der Waals surface area contributed by atoms with Crippen LogP contribution in [0.2, 0.25) is 10.0 Å². The van der Waals surface area contributed by atoms with Crippen LogP contribution in [0.4, 0.5) is 11.4 Å². The molecule has 0 aromatic heterocycles. The van der Waals surface area contributed by atoms with E-state index in [2.05, 4.69) is 0 Å². The third kappa shape index (κ3) is 3.04. The fourth-order valence-electron chi connectivity index (χ4n) is 2.37. The molecule has 1 atom stereocenters. The number of carbonyl (C=O) groups excluding carboxylic acids is 2. The Kier molecular flexibility index (Phi) is 4.53. The van der Waals surface area contributed by atoms with Crippen molar-refractivity contribution < 1.29 is 9.59 Å². The van der Waals surface area contributed by atoms with Crippen molar-refractivity contribution >= 4 is 58.2 Å². The first-order valence-corrected chi connectivity index (χ1v) is 8.44. The van der Waals surface area contributed by atoms with E-state index in [-0.39, 0.29) is 34.0 Å². The maximum Gasteiger partial charge on any atom is 0.247 e. The van der Waals surface area contributed by atoms with E-state index in [0.717, 1.165) is 9.80 Å². The predicted octanol–water partition coefficient (Wildman–Crippen LogP) is 4.00. The van der Waals surface area contributed by atoms with Gasteiger partial charge in [-0.3, -0.25) is 9.59 Å². The lowest BCUT2D eigenvalue weighted by atomic mass is 10.3. The molecular weight excluding hydrogens is 355 g/mol. The summed E-state index contributed by atoms with van der Waals surface area (Å²) in [5.74, 6) is -0.657. The fourth-order valence-corrected chi connectivity index (χ4v) is 4.04. The summed E-state index contributed by atoms with van der Waals surface area (Å²) in [7, 11) is 0. The molecule has 2 aromatic rings. The van der Waals surface area contributed by atoms with Gasteiger partial charge in [0.25, 0.3) is 0 Å². The van der Waals surface area contributed by atoms with Crippen molar-refractivity contribution in [3.05, 3.63) is 52.5 Å². The van der Waals surface area contributed by atoms with E-state index >= 15 is 0 Å². The maximum atomic E-state index is 12.7. The fraction of sp³-hybridized carbons (Fsp3) is 0.125. The van der Waals surface area contributed by atoms with Crippen molar-refractivity contribution in [3.8, 4) is 0 Å². The molecule has 0 spiro atoms. The Morgan fingerprint density at radius 2 is 1.70 bits per heavy atom. The number of hydrogen-bond donors (Lipinski definition) is 1. The number of carbonyl (C=O) groups is 2. The van der Waals surface area contributed by atoms with Gasteiger partial charge in [0, 0.05) is 17.0 Å². The molecule has 0 saturated carbocycles. The molecule has 1 aliphatic heterocycles. The molecule has 118 valence electrons. The Bertz CT molecular complexity index is 777. The zero-order chi connectivity index (χ0) is 16.6. The molecule has 1 fully saturated rings. The zero-order valence-corrected chi connectivity index (χ0v) is 14.2. The molecule has 2 amide bonds. The number of thioether (sulfide) groups is 1. The highest BCUT2D eigenvalue weighted by Gasteiger charge is 2.41. The third-order valence-electron chi connectivity index (χ3n) is 3.45. The minimum Gasteiger partial charge on any atom is -0.398 e. The molecule has 0 bridgehead atoms. The number of hydrogen-bond acceptors (Lipinski definition) is 4. The summed E-state index contributed by atoms with van der Waals surface area (Å²) in [6, 6.07) is 12.1. The molecule has 0 unspecified atom stereocenters. The van der Waals surface area contributed by atoms with Gasteiger partial charge >= 0.3 is 0 Å². The van der Waals surface area contributed by atoms with Crippen LogP contribution < -0.4 is 10.6 Å². The first kappa shape index (κ1) is 16.2. The minimum atomic E-state index is -0.542. The molecule has 2 aromatic carbocycles. The van der Waals surface area contributed by atoms with Gasteiger partial charge in [-0.15, -0.1) is 11.8 Å². The third-order valence-corrected chi connectivity index (χ3v) is 5.34. The van der Waals surface area contributed by atoms with Gasteiger partial charge in [-0.1, -0.05) is 41.4 Å². The van der Waals surface area contributed by atoms with Crippen LogP contribution >= 0.6 is 35.0 Å². The van der Waals surface area contributed by atoms with E-state index in [4.69, 9.17) is 28.9 Å². The smallest absolute Gasteiger partial charge is 0.247 e. The van der Waals surface area contributed by atoms with Crippen LogP contribution in [0.25, 0.3) is 0 Å². The van der Waals surface area contributed by atoms with Crippen LogP contribution in [0.5, 0.6) is 0 Å². The van der Waals surface area contributed by atoms with E-state index in [0.29, 0.717) is 5.69 Å². The Hall–Kier alpha value is -1.69. The number of benzene rings is 2. The molecule has 4 nitrogen and oxygen atoms in total. The summed E-state index contributed by atoms with van der Waals surface area (Å²) < 4.78 is 0. The number of imide groups is 1. The van der Waals surface area contributed by atoms with Crippen molar-refractivity contribution in [3.63, 3.8) is 0 Å². The topological polar surface area (TPSA) is 63.4 Å². The second-order valence-corrected chi connectivity index (χ2v) is 7.05. The Morgan fingerprint density at radius 1 is 1.04 bits per heavy atom. The molecule has 7 heteroatoms. The molecule has 23 heavy (non-hydrogen) atoms. The van der Waals surface area contributed by atoms with Crippen molar-refractivity contribution in [2.75, 3.05) is 10.6 Å². The highest BCUT2D eigenvalue weighted by atomic mass is 35.5. The van der Waals surface area contributed by atoms with Gasteiger partial charge in [-0.05, 0) is 24.3 Å². The number of halogens is 2. The van der Waals surface area contributed by atoms with Crippen LogP contribution in [0, 0.1) is 0 Å². The van der Waals surface area contributed by atoms with E-state index in [1.165, 1.54) is 11.8 Å². The number of nitrogens with two attached hydrogens (primary N) is 1. The van der Waals surface area contributed by atoms with Crippen LogP contribution in [0.1, 0.15) is 6.42 Å². The Labute approximate surface area is 147 Å². The second kappa shape index (κ2) is 6.43. The summed E-state index contributed by atoms with van der Waals surface area (Å²) in [4.78, 5) is 26.8. The second-order valence-electron chi connectivity index (χ2n) is 4.99. The zero-order valence-electron chi connectivity index (χ0n) is 11.8. The standard InChI is InChI=1S/C16H12Cl2N2O2S/c17-9-4-3-5-10(18)15(9)20-14(21)8-13(16(20)22)23-12-7-2-1-6-11(12)19/h1-7,13H,8,19H2/t13-/m0/s1. The minimum absolute atomic E-state index is 0.0827. The summed E-state index contributed by atoms with van der Waals surface area (Å²) in [5, 5.41) is -0.00677. The van der Waals surface area contributed by atoms with Crippen LogP contribution in [0.15, 0.2) is 47.4 Å². The number of rotatable bonds is 3. The van der Waals surface area contributed by atoms with Gasteiger partial charge in [0.2, 0.25) is 11.8 Å². The molecule has 0 radical (unpaired) electrons. The lowest BCUT2D eigenvalue weighted by Crippen LogP contribution is -2.31. The first-order chi connectivity index (χ1) is 11.0. The van der Waals surface area contributed by atoms with Gasteiger partial charge < -0.3 is 5.73 Å². The van der Waals surface area contributed by atoms with E-state index in [1.54, 1.807) is 24.3 Å². The number of amides is 2. The maximum absolute atomic E-state index is 12.7. The molecular formula is C16H12Cl2N2O2S. The SMILES string of the molecule is Nc1ccccc1S[C@H]1CC(=O)N(c2c(Cl)cccc2Cl)C1=O. The van der Waals surface area contributed by atoms with Crippen LogP contribution in [-0.4, -0.2) is 17.1 Å². The van der Waals surface area contributed by atoms with Crippen LogP contribution in [0.3, 0.4) is 0 Å². The van der Waals surface area contributed by atoms with Crippen molar-refractivity contribution in [1.82, 2.24) is 0 Å². The Balaban J connectivity index is 1.90. The number of nitrogen functional groups attached to an aromatic ring is 1. The van der Waals surface area contributed by atoms with Gasteiger partial charge in [0.15, 0.2) is 0 Å². The van der Waals surface area contributed by atoms with Crippen molar-refractivity contribution in [2.45, 2.75) is 16.6 Å². The van der Waals surface area contributed by atoms with Crippen molar-refractivity contribution in [2.24, 2.45) is 0 Å². The molecule has 1 heterocycles. The summed E-state index contributed by atoms with van der Waals surface area (Å²) >= 11 is 13.5. The number of para-hydroxylation sites is 2. The average Bonchev–Trinajstić information content (AvgIpc) is 2.77. The average molecular weight is 367 g/mol. The number of anilines is 2. The normalized spacial score (nSPS) is 17.8. The van der Waals surface area contributed by atoms with Crippen molar-refractivity contribution in [1.29, 1.82) is 0 Å². The molecule has 2 N–H and O–H groups in total. The molecule has 1 aliphatic rings. The molecule has 0 aliphatic carbocycles.